The van der Waals surface area contributed by atoms with E-state index < -0.39 is 6.10 Å². The molecule has 0 fully saturated rings. The van der Waals surface area contributed by atoms with Crippen LogP contribution in [0.2, 0.25) is 0 Å². The first-order valence-electron chi connectivity index (χ1n) is 3.71. The van der Waals surface area contributed by atoms with Gasteiger partial charge < -0.3 is 5.11 Å². The highest BCUT2D eigenvalue weighted by molar-refractivity contribution is 7.11. The Balaban J connectivity index is 2.76. The van der Waals surface area contributed by atoms with Crippen molar-refractivity contribution in [3.05, 3.63) is 16.1 Å². The lowest BCUT2D eigenvalue weighted by Gasteiger charge is -2.09. The summed E-state index contributed by atoms with van der Waals surface area (Å²) in [7, 11) is 0. The van der Waals surface area contributed by atoms with Crippen LogP contribution in [0.15, 0.2) is 6.20 Å². The molecular formula is C8H13NOS. The molecule has 0 saturated heterocycles. The molecule has 1 aromatic heterocycles. The van der Waals surface area contributed by atoms with E-state index in [0.717, 1.165) is 9.88 Å². The van der Waals surface area contributed by atoms with Gasteiger partial charge in [0.15, 0.2) is 0 Å². The number of aromatic nitrogens is 1. The average Bonchev–Trinajstić information content (AvgIpc) is 2.34. The second-order valence-corrected chi connectivity index (χ2v) is 4.26. The van der Waals surface area contributed by atoms with E-state index in [-0.39, 0.29) is 5.92 Å². The second-order valence-electron chi connectivity index (χ2n) is 3.00. The van der Waals surface area contributed by atoms with Crippen molar-refractivity contribution in [3.8, 4) is 0 Å². The number of hydrogen-bond donors (Lipinski definition) is 1. The zero-order chi connectivity index (χ0) is 8.43. The molecule has 11 heavy (non-hydrogen) atoms. The number of aliphatic hydroxyl groups excluding tert-OH is 1. The molecule has 1 atom stereocenters. The number of aryl methyl sites for hydroxylation is 1. The second kappa shape index (κ2) is 3.32. The molecule has 0 spiro atoms. The molecule has 1 unspecified atom stereocenters. The normalized spacial score (nSPS) is 13.9. The topological polar surface area (TPSA) is 33.1 Å². The van der Waals surface area contributed by atoms with Crippen LogP contribution in [0.5, 0.6) is 0 Å². The Morgan fingerprint density at radius 2 is 2.18 bits per heavy atom. The Labute approximate surface area is 70.9 Å². The average molecular weight is 171 g/mol. The zero-order valence-corrected chi connectivity index (χ0v) is 7.85. The van der Waals surface area contributed by atoms with E-state index in [4.69, 9.17) is 0 Å². The van der Waals surface area contributed by atoms with Gasteiger partial charge in [0.05, 0.1) is 0 Å². The maximum absolute atomic E-state index is 9.56. The van der Waals surface area contributed by atoms with Gasteiger partial charge in [0.25, 0.3) is 0 Å². The summed E-state index contributed by atoms with van der Waals surface area (Å²) in [6, 6.07) is 0. The summed E-state index contributed by atoms with van der Waals surface area (Å²) >= 11 is 1.56. The Kier molecular flexibility index (Phi) is 2.62. The molecule has 0 aliphatic rings. The highest BCUT2D eigenvalue weighted by Gasteiger charge is 2.14. The Morgan fingerprint density at radius 3 is 2.55 bits per heavy atom. The molecule has 1 aromatic rings. The molecular weight excluding hydrogens is 158 g/mol. The van der Waals surface area contributed by atoms with E-state index in [9.17, 15) is 5.11 Å². The van der Waals surface area contributed by atoms with Crippen LogP contribution >= 0.6 is 11.3 Å². The van der Waals surface area contributed by atoms with Crippen LogP contribution in [-0.4, -0.2) is 10.1 Å². The predicted molar refractivity (Wildman–Crippen MR) is 46.6 cm³/mol. The largest absolute Gasteiger partial charge is 0.386 e. The SMILES string of the molecule is Cc1cnc(C(O)C(C)C)s1. The van der Waals surface area contributed by atoms with Gasteiger partial charge in [-0.25, -0.2) is 4.98 Å². The lowest BCUT2D eigenvalue weighted by atomic mass is 10.1. The fourth-order valence-electron chi connectivity index (χ4n) is 0.794. The van der Waals surface area contributed by atoms with E-state index in [2.05, 4.69) is 4.98 Å². The molecule has 62 valence electrons. The number of thiazole rings is 1. The highest BCUT2D eigenvalue weighted by Crippen LogP contribution is 2.24. The Bertz CT molecular complexity index is 232. The summed E-state index contributed by atoms with van der Waals surface area (Å²) in [5.41, 5.74) is 0. The minimum absolute atomic E-state index is 0.251. The van der Waals surface area contributed by atoms with Crippen LogP contribution in [-0.2, 0) is 0 Å². The van der Waals surface area contributed by atoms with Crippen LogP contribution < -0.4 is 0 Å². The zero-order valence-electron chi connectivity index (χ0n) is 7.03. The van der Waals surface area contributed by atoms with Crippen LogP contribution in [0, 0.1) is 12.8 Å². The van der Waals surface area contributed by atoms with Gasteiger partial charge in [0.1, 0.15) is 11.1 Å². The summed E-state index contributed by atoms with van der Waals surface area (Å²) in [4.78, 5) is 5.26. The third kappa shape index (κ3) is 2.01. The molecule has 1 N–H and O–H groups in total. The first-order valence-corrected chi connectivity index (χ1v) is 4.53. The summed E-state index contributed by atoms with van der Waals surface area (Å²) in [5.74, 6) is 0.251. The minimum Gasteiger partial charge on any atom is -0.386 e. The first-order chi connectivity index (χ1) is 5.11. The van der Waals surface area contributed by atoms with Crippen LogP contribution in [0.4, 0.5) is 0 Å². The maximum atomic E-state index is 9.56. The molecule has 1 heterocycles. The van der Waals surface area contributed by atoms with Gasteiger partial charge in [0.2, 0.25) is 0 Å². The van der Waals surface area contributed by atoms with Crippen molar-refractivity contribution in [1.82, 2.24) is 4.98 Å². The standard InChI is InChI=1S/C8H13NOS/c1-5(2)7(10)8-9-4-6(3)11-8/h4-5,7,10H,1-3H3. The van der Waals surface area contributed by atoms with Gasteiger partial charge in [0, 0.05) is 11.1 Å². The number of hydrogen-bond acceptors (Lipinski definition) is 3. The third-order valence-corrected chi connectivity index (χ3v) is 2.51. The molecule has 0 aliphatic carbocycles. The molecule has 2 nitrogen and oxygen atoms in total. The van der Waals surface area contributed by atoms with Gasteiger partial charge in [-0.05, 0) is 12.8 Å². The quantitative estimate of drug-likeness (QED) is 0.739. The summed E-state index contributed by atoms with van der Waals surface area (Å²) in [5, 5.41) is 10.4. The van der Waals surface area contributed by atoms with E-state index in [1.54, 1.807) is 17.5 Å². The van der Waals surface area contributed by atoms with Crippen molar-refractivity contribution in [2.75, 3.05) is 0 Å². The monoisotopic (exact) mass is 171 g/mol. The third-order valence-electron chi connectivity index (χ3n) is 1.52. The number of rotatable bonds is 2. The van der Waals surface area contributed by atoms with E-state index in [1.165, 1.54) is 0 Å². The minimum atomic E-state index is -0.395. The van der Waals surface area contributed by atoms with E-state index >= 15 is 0 Å². The van der Waals surface area contributed by atoms with Crippen molar-refractivity contribution < 1.29 is 5.11 Å². The molecule has 0 bridgehead atoms. The smallest absolute Gasteiger partial charge is 0.122 e. The van der Waals surface area contributed by atoms with Crippen LogP contribution in [0.3, 0.4) is 0 Å². The number of aliphatic hydroxyl groups is 1. The summed E-state index contributed by atoms with van der Waals surface area (Å²) in [6.07, 6.45) is 1.40. The Morgan fingerprint density at radius 1 is 1.55 bits per heavy atom. The van der Waals surface area contributed by atoms with Gasteiger partial charge in [-0.2, -0.15) is 0 Å². The van der Waals surface area contributed by atoms with Crippen LogP contribution in [0.1, 0.15) is 29.8 Å². The van der Waals surface area contributed by atoms with E-state index in [0.29, 0.717) is 0 Å². The van der Waals surface area contributed by atoms with Gasteiger partial charge in [-0.15, -0.1) is 11.3 Å². The maximum Gasteiger partial charge on any atom is 0.122 e. The lowest BCUT2D eigenvalue weighted by molar-refractivity contribution is 0.126. The molecule has 1 rings (SSSR count). The summed E-state index contributed by atoms with van der Waals surface area (Å²) < 4.78 is 0. The molecule has 0 aliphatic heterocycles. The molecule has 0 radical (unpaired) electrons. The molecule has 0 aromatic carbocycles. The fourth-order valence-corrected chi connectivity index (χ4v) is 1.73. The molecule has 0 saturated carbocycles. The fraction of sp³-hybridized carbons (Fsp3) is 0.625. The number of nitrogens with zero attached hydrogens (tertiary/aromatic N) is 1. The van der Waals surface area contributed by atoms with Crippen molar-refractivity contribution >= 4 is 11.3 Å². The van der Waals surface area contributed by atoms with Crippen molar-refractivity contribution in [2.45, 2.75) is 26.9 Å². The molecule has 3 heteroatoms. The van der Waals surface area contributed by atoms with E-state index in [1.807, 2.05) is 20.8 Å². The highest BCUT2D eigenvalue weighted by atomic mass is 32.1. The predicted octanol–water partition coefficient (Wildman–Crippen LogP) is 2.14. The lowest BCUT2D eigenvalue weighted by Crippen LogP contribution is -2.04. The van der Waals surface area contributed by atoms with Crippen molar-refractivity contribution in [3.63, 3.8) is 0 Å². The van der Waals surface area contributed by atoms with Crippen molar-refractivity contribution in [1.29, 1.82) is 0 Å². The first kappa shape index (κ1) is 8.68. The van der Waals surface area contributed by atoms with Gasteiger partial charge in [-0.1, -0.05) is 13.8 Å². The summed E-state index contributed by atoms with van der Waals surface area (Å²) in [6.45, 7) is 5.97. The van der Waals surface area contributed by atoms with Gasteiger partial charge in [-0.3, -0.25) is 0 Å². The molecule has 0 amide bonds. The van der Waals surface area contributed by atoms with Gasteiger partial charge >= 0.3 is 0 Å². The van der Waals surface area contributed by atoms with Crippen molar-refractivity contribution in [2.24, 2.45) is 5.92 Å². The Hall–Kier alpha value is -0.410. The van der Waals surface area contributed by atoms with Crippen LogP contribution in [0.25, 0.3) is 0 Å².